The molecule has 6 nitrogen and oxygen atoms in total. The van der Waals surface area contributed by atoms with Gasteiger partial charge in [-0.15, -0.1) is 0 Å². The van der Waals surface area contributed by atoms with Crippen molar-refractivity contribution in [3.63, 3.8) is 0 Å². The molecular weight excluding hydrogens is 290 g/mol. The molecule has 2 rings (SSSR count). The van der Waals surface area contributed by atoms with Crippen LogP contribution in [0, 0.1) is 0 Å². The van der Waals surface area contributed by atoms with Crippen LogP contribution in [0.5, 0.6) is 0 Å². The molecule has 0 aromatic heterocycles. The Morgan fingerprint density at radius 3 is 2.57 bits per heavy atom. The number of fused-ring (bicyclic) bond motifs is 1. The van der Waals surface area contributed by atoms with Gasteiger partial charge in [-0.2, -0.15) is 4.99 Å². The molecule has 0 fully saturated rings. The Bertz CT molecular complexity index is 773. The first-order chi connectivity index (χ1) is 9.74. The molecule has 1 amide bonds. The third kappa shape index (κ3) is 2.97. The topological polar surface area (TPSA) is 116 Å². The van der Waals surface area contributed by atoms with E-state index in [1.54, 1.807) is 13.0 Å². The predicted molar refractivity (Wildman–Crippen MR) is 81.7 cm³/mol. The molecule has 4 N–H and O–H groups in total. The number of hydrogen-bond donors (Lipinski definition) is 2. The number of benzene rings is 1. The number of nitrogens with zero attached hydrogens (tertiary/aromatic N) is 1. The van der Waals surface area contributed by atoms with Crippen molar-refractivity contribution in [2.24, 2.45) is 16.5 Å². The van der Waals surface area contributed by atoms with E-state index < -0.39 is 15.7 Å². The summed E-state index contributed by atoms with van der Waals surface area (Å²) >= 11 is 0. The Morgan fingerprint density at radius 1 is 1.33 bits per heavy atom. The van der Waals surface area contributed by atoms with E-state index in [1.807, 2.05) is 13.0 Å². The number of aliphatic imine (C=N–C) groups is 1. The van der Waals surface area contributed by atoms with Gasteiger partial charge >= 0.3 is 0 Å². The van der Waals surface area contributed by atoms with Crippen LogP contribution in [0.4, 0.5) is 0 Å². The number of guanidine groups is 1. The Balaban J connectivity index is 2.71. The fourth-order valence-electron chi connectivity index (χ4n) is 2.38. The van der Waals surface area contributed by atoms with E-state index >= 15 is 0 Å². The summed E-state index contributed by atoms with van der Waals surface area (Å²) < 4.78 is 24.5. The highest BCUT2D eigenvalue weighted by atomic mass is 32.2. The number of amides is 1. The lowest BCUT2D eigenvalue weighted by molar-refractivity contribution is 0.100. The van der Waals surface area contributed by atoms with Gasteiger partial charge in [-0.25, -0.2) is 8.42 Å². The molecular formula is C14H17N3O3S. The molecule has 0 radical (unpaired) electrons. The van der Waals surface area contributed by atoms with E-state index in [-0.39, 0.29) is 22.2 Å². The van der Waals surface area contributed by atoms with Gasteiger partial charge in [-0.1, -0.05) is 18.6 Å². The van der Waals surface area contributed by atoms with Crippen molar-refractivity contribution in [3.05, 3.63) is 34.4 Å². The maximum absolute atomic E-state index is 12.2. The first kappa shape index (κ1) is 15.2. The average Bonchev–Trinajstić information content (AvgIpc) is 2.35. The largest absolute Gasteiger partial charge is 0.370 e. The van der Waals surface area contributed by atoms with E-state index in [9.17, 15) is 13.2 Å². The molecule has 1 aromatic rings. The summed E-state index contributed by atoms with van der Waals surface area (Å²) in [6.07, 6.45) is 2.39. The van der Waals surface area contributed by atoms with E-state index in [2.05, 4.69) is 4.99 Å². The summed E-state index contributed by atoms with van der Waals surface area (Å²) in [6.45, 7) is 3.65. The third-order valence-electron chi connectivity index (χ3n) is 3.23. The average molecular weight is 307 g/mol. The number of sulfone groups is 1. The van der Waals surface area contributed by atoms with Crippen molar-refractivity contribution in [2.45, 2.75) is 25.2 Å². The SMILES string of the molecule is CCc1cc2c(cc1C(=O)N=C(N)N)S(=O)(=O)CC(C)=C2. The molecule has 0 saturated carbocycles. The van der Waals surface area contributed by atoms with Crippen LogP contribution in [0.15, 0.2) is 27.6 Å². The summed E-state index contributed by atoms with van der Waals surface area (Å²) in [6, 6.07) is 3.09. The lowest BCUT2D eigenvalue weighted by Gasteiger charge is -2.17. The van der Waals surface area contributed by atoms with Crippen LogP contribution in [0.1, 0.15) is 35.3 Å². The van der Waals surface area contributed by atoms with Gasteiger partial charge in [0.25, 0.3) is 5.91 Å². The van der Waals surface area contributed by atoms with Gasteiger partial charge in [-0.05, 0) is 36.6 Å². The molecule has 0 aliphatic carbocycles. The zero-order valence-corrected chi connectivity index (χ0v) is 12.7. The summed E-state index contributed by atoms with van der Waals surface area (Å²) in [5, 5.41) is 0. The van der Waals surface area contributed by atoms with Gasteiger partial charge in [-0.3, -0.25) is 4.79 Å². The first-order valence-corrected chi connectivity index (χ1v) is 8.10. The van der Waals surface area contributed by atoms with Crippen LogP contribution in [0.3, 0.4) is 0 Å². The van der Waals surface area contributed by atoms with Crippen LogP contribution in [0.2, 0.25) is 0 Å². The quantitative estimate of drug-likeness (QED) is 0.621. The standard InChI is InChI=1S/C14H17N3O3S/c1-3-9-5-10-4-8(2)7-21(19,20)12(10)6-11(9)13(18)17-14(15)16/h4-6H,3,7H2,1-2H3,(H4,15,16,17,18). The van der Waals surface area contributed by atoms with Crippen LogP contribution in [0.25, 0.3) is 6.08 Å². The number of hydrogen-bond acceptors (Lipinski definition) is 3. The summed E-state index contributed by atoms with van der Waals surface area (Å²) in [7, 11) is -3.43. The number of carbonyl (C=O) groups is 1. The van der Waals surface area contributed by atoms with Crippen molar-refractivity contribution in [1.82, 2.24) is 0 Å². The lowest BCUT2D eigenvalue weighted by atomic mass is 10.00. The molecule has 1 aromatic carbocycles. The van der Waals surface area contributed by atoms with Crippen LogP contribution >= 0.6 is 0 Å². The normalized spacial score (nSPS) is 15.8. The Hall–Kier alpha value is -2.15. The van der Waals surface area contributed by atoms with Crippen molar-refractivity contribution < 1.29 is 13.2 Å². The molecule has 112 valence electrons. The third-order valence-corrected chi connectivity index (χ3v) is 5.09. The fraction of sp³-hybridized carbons (Fsp3) is 0.286. The van der Waals surface area contributed by atoms with Crippen molar-refractivity contribution in [2.75, 3.05) is 5.75 Å². The molecule has 1 aliphatic rings. The number of aryl methyl sites for hydroxylation is 1. The van der Waals surface area contributed by atoms with Gasteiger partial charge in [0.05, 0.1) is 10.6 Å². The van der Waals surface area contributed by atoms with Gasteiger partial charge in [0.2, 0.25) is 0 Å². The maximum atomic E-state index is 12.2. The van der Waals surface area contributed by atoms with Gasteiger partial charge < -0.3 is 11.5 Å². The van der Waals surface area contributed by atoms with Crippen LogP contribution in [-0.2, 0) is 16.3 Å². The predicted octanol–water partition coefficient (Wildman–Crippen LogP) is 0.853. The zero-order chi connectivity index (χ0) is 15.8. The van der Waals surface area contributed by atoms with Gasteiger partial charge in [0.1, 0.15) is 0 Å². The smallest absolute Gasteiger partial charge is 0.280 e. The first-order valence-electron chi connectivity index (χ1n) is 6.45. The fourth-order valence-corrected chi connectivity index (χ4v) is 3.99. The molecule has 7 heteroatoms. The van der Waals surface area contributed by atoms with Crippen LogP contribution in [-0.4, -0.2) is 26.0 Å². The van der Waals surface area contributed by atoms with Gasteiger partial charge in [0, 0.05) is 5.56 Å². The monoisotopic (exact) mass is 307 g/mol. The highest BCUT2D eigenvalue weighted by molar-refractivity contribution is 7.91. The van der Waals surface area contributed by atoms with E-state index in [0.717, 1.165) is 5.57 Å². The van der Waals surface area contributed by atoms with Gasteiger partial charge in [0.15, 0.2) is 15.8 Å². The highest BCUT2D eigenvalue weighted by Gasteiger charge is 2.26. The number of rotatable bonds is 2. The second kappa shape index (κ2) is 5.33. The number of nitrogens with two attached hydrogens (primary N) is 2. The second-order valence-corrected chi connectivity index (χ2v) is 6.95. The Morgan fingerprint density at radius 2 is 2.00 bits per heavy atom. The van der Waals surface area contributed by atoms with E-state index in [1.165, 1.54) is 6.07 Å². The molecule has 0 atom stereocenters. The van der Waals surface area contributed by atoms with Crippen molar-refractivity contribution in [3.8, 4) is 0 Å². The molecule has 0 bridgehead atoms. The second-order valence-electron chi connectivity index (χ2n) is 4.99. The summed E-state index contributed by atoms with van der Waals surface area (Å²) in [5.41, 5.74) is 12.7. The summed E-state index contributed by atoms with van der Waals surface area (Å²) in [5.74, 6) is -1.02. The van der Waals surface area contributed by atoms with Crippen molar-refractivity contribution >= 4 is 27.8 Å². The van der Waals surface area contributed by atoms with E-state index in [0.29, 0.717) is 17.5 Å². The molecule has 1 heterocycles. The Kier molecular flexibility index (Phi) is 3.87. The molecule has 0 saturated heterocycles. The maximum Gasteiger partial charge on any atom is 0.280 e. The lowest BCUT2D eigenvalue weighted by Crippen LogP contribution is -2.24. The highest BCUT2D eigenvalue weighted by Crippen LogP contribution is 2.30. The minimum absolute atomic E-state index is 0.0403. The minimum atomic E-state index is -3.43. The number of carbonyl (C=O) groups excluding carboxylic acids is 1. The molecule has 1 aliphatic heterocycles. The molecule has 21 heavy (non-hydrogen) atoms. The van der Waals surface area contributed by atoms with Crippen molar-refractivity contribution in [1.29, 1.82) is 0 Å². The zero-order valence-electron chi connectivity index (χ0n) is 11.9. The molecule has 0 spiro atoms. The van der Waals surface area contributed by atoms with E-state index in [4.69, 9.17) is 11.5 Å². The summed E-state index contributed by atoms with van der Waals surface area (Å²) in [4.78, 5) is 15.7. The van der Waals surface area contributed by atoms with Crippen LogP contribution < -0.4 is 11.5 Å². The Labute approximate surface area is 123 Å². The minimum Gasteiger partial charge on any atom is -0.370 e. The molecule has 0 unspecified atom stereocenters.